The van der Waals surface area contributed by atoms with Crippen molar-refractivity contribution in [3.05, 3.63) is 29.8 Å². The van der Waals surface area contributed by atoms with Crippen LogP contribution in [0.3, 0.4) is 0 Å². The van der Waals surface area contributed by atoms with E-state index in [9.17, 15) is 14.4 Å². The Morgan fingerprint density at radius 3 is 2.52 bits per heavy atom. The highest BCUT2D eigenvalue weighted by atomic mass is 16.6. The first-order valence-electron chi connectivity index (χ1n) is 6.43. The quantitative estimate of drug-likeness (QED) is 0.665. The molecule has 0 aromatic heterocycles. The van der Waals surface area contributed by atoms with Crippen LogP contribution in [0.25, 0.3) is 0 Å². The zero-order valence-electron chi connectivity index (χ0n) is 11.6. The van der Waals surface area contributed by atoms with Gasteiger partial charge in [-0.25, -0.2) is 9.59 Å². The van der Waals surface area contributed by atoms with Crippen molar-refractivity contribution in [3.8, 4) is 5.75 Å². The smallest absolute Gasteiger partial charge is 0.408 e. The number of cyclic esters (lactones) is 1. The van der Waals surface area contributed by atoms with E-state index in [4.69, 9.17) is 14.2 Å². The fourth-order valence-corrected chi connectivity index (χ4v) is 2.00. The van der Waals surface area contributed by atoms with Crippen LogP contribution in [0.15, 0.2) is 24.3 Å². The van der Waals surface area contributed by atoms with Crippen LogP contribution in [0.1, 0.15) is 25.5 Å². The first kappa shape index (κ1) is 14.8. The van der Waals surface area contributed by atoms with Crippen LogP contribution in [0.5, 0.6) is 5.75 Å². The van der Waals surface area contributed by atoms with Crippen LogP contribution in [-0.2, 0) is 19.1 Å². The van der Waals surface area contributed by atoms with Crippen molar-refractivity contribution in [1.82, 2.24) is 5.32 Å². The number of benzene rings is 1. The van der Waals surface area contributed by atoms with Gasteiger partial charge >= 0.3 is 18.0 Å². The molecule has 7 heteroatoms. The second kappa shape index (κ2) is 6.25. The van der Waals surface area contributed by atoms with Crippen LogP contribution in [0.4, 0.5) is 4.79 Å². The van der Waals surface area contributed by atoms with Gasteiger partial charge in [0.15, 0.2) is 0 Å². The standard InChI is InChI=1S/C14H15NO6/c1-3-19-13(17)12-11(15-14(18)21-12)9-4-6-10(7-5-9)20-8(2)16/h4-7,11-12H,3H2,1-2H3,(H,15,18)/t11-,12-/m0/s1. The van der Waals surface area contributed by atoms with E-state index in [1.54, 1.807) is 31.2 Å². The molecule has 1 N–H and O–H groups in total. The summed E-state index contributed by atoms with van der Waals surface area (Å²) in [7, 11) is 0. The van der Waals surface area contributed by atoms with E-state index in [2.05, 4.69) is 5.32 Å². The molecule has 0 radical (unpaired) electrons. The molecule has 0 saturated carbocycles. The molecule has 0 bridgehead atoms. The number of carbonyl (C=O) groups excluding carboxylic acids is 3. The molecule has 1 aromatic rings. The maximum Gasteiger partial charge on any atom is 0.408 e. The Labute approximate surface area is 121 Å². The van der Waals surface area contributed by atoms with E-state index < -0.39 is 30.2 Å². The third-order valence-corrected chi connectivity index (χ3v) is 2.83. The molecular formula is C14H15NO6. The Morgan fingerprint density at radius 2 is 1.95 bits per heavy atom. The maximum atomic E-state index is 11.8. The van der Waals surface area contributed by atoms with E-state index in [0.717, 1.165) is 0 Å². The van der Waals surface area contributed by atoms with Crippen LogP contribution in [0, 0.1) is 0 Å². The number of ether oxygens (including phenoxy) is 3. The molecule has 1 fully saturated rings. The second-order valence-electron chi connectivity index (χ2n) is 4.36. The van der Waals surface area contributed by atoms with Gasteiger partial charge in [0.05, 0.1) is 6.61 Å². The Bertz CT molecular complexity index is 553. The molecule has 0 spiro atoms. The van der Waals surface area contributed by atoms with Crippen LogP contribution in [-0.4, -0.2) is 30.7 Å². The molecule has 2 rings (SSSR count). The van der Waals surface area contributed by atoms with Crippen molar-refractivity contribution < 1.29 is 28.6 Å². The van der Waals surface area contributed by atoms with Crippen molar-refractivity contribution in [1.29, 1.82) is 0 Å². The Balaban J connectivity index is 2.16. The normalized spacial score (nSPS) is 20.4. The topological polar surface area (TPSA) is 90.9 Å². The lowest BCUT2D eigenvalue weighted by Gasteiger charge is -2.16. The van der Waals surface area contributed by atoms with Crippen LogP contribution < -0.4 is 10.1 Å². The van der Waals surface area contributed by atoms with Gasteiger partial charge in [-0.3, -0.25) is 4.79 Å². The molecular weight excluding hydrogens is 278 g/mol. The molecule has 1 amide bonds. The van der Waals surface area contributed by atoms with Crippen molar-refractivity contribution in [3.63, 3.8) is 0 Å². The first-order valence-corrected chi connectivity index (χ1v) is 6.43. The number of carbonyl (C=O) groups is 3. The minimum Gasteiger partial charge on any atom is -0.463 e. The monoisotopic (exact) mass is 293 g/mol. The zero-order chi connectivity index (χ0) is 15.4. The zero-order valence-corrected chi connectivity index (χ0v) is 11.6. The van der Waals surface area contributed by atoms with E-state index >= 15 is 0 Å². The van der Waals surface area contributed by atoms with Gasteiger partial charge in [-0.05, 0) is 24.6 Å². The summed E-state index contributed by atoms with van der Waals surface area (Å²) in [6.45, 7) is 3.17. The lowest BCUT2D eigenvalue weighted by molar-refractivity contribution is -0.152. The third kappa shape index (κ3) is 3.50. The van der Waals surface area contributed by atoms with Gasteiger partial charge in [0.2, 0.25) is 6.10 Å². The predicted molar refractivity (Wildman–Crippen MR) is 70.5 cm³/mol. The first-order chi connectivity index (χ1) is 10.0. The summed E-state index contributed by atoms with van der Waals surface area (Å²) in [5, 5.41) is 2.55. The fraction of sp³-hybridized carbons (Fsp3) is 0.357. The minimum absolute atomic E-state index is 0.199. The highest BCUT2D eigenvalue weighted by Crippen LogP contribution is 2.27. The van der Waals surface area contributed by atoms with Crippen molar-refractivity contribution in [2.24, 2.45) is 0 Å². The van der Waals surface area contributed by atoms with Crippen LogP contribution >= 0.6 is 0 Å². The Hall–Kier alpha value is -2.57. The third-order valence-electron chi connectivity index (χ3n) is 2.83. The van der Waals surface area contributed by atoms with Crippen molar-refractivity contribution in [2.45, 2.75) is 26.0 Å². The molecule has 0 aliphatic carbocycles. The van der Waals surface area contributed by atoms with Crippen LogP contribution in [0.2, 0.25) is 0 Å². The average Bonchev–Trinajstić information content (AvgIpc) is 2.81. The van der Waals surface area contributed by atoms with E-state index in [1.807, 2.05) is 0 Å². The molecule has 0 unspecified atom stereocenters. The van der Waals surface area contributed by atoms with Gasteiger partial charge in [0.25, 0.3) is 0 Å². The summed E-state index contributed by atoms with van der Waals surface area (Å²) >= 11 is 0. The molecule has 21 heavy (non-hydrogen) atoms. The minimum atomic E-state index is -1.03. The van der Waals surface area contributed by atoms with Gasteiger partial charge in [0, 0.05) is 6.92 Å². The molecule has 112 valence electrons. The van der Waals surface area contributed by atoms with Gasteiger partial charge in [-0.1, -0.05) is 12.1 Å². The van der Waals surface area contributed by atoms with Crippen molar-refractivity contribution in [2.75, 3.05) is 6.61 Å². The van der Waals surface area contributed by atoms with Crippen molar-refractivity contribution >= 4 is 18.0 Å². The Kier molecular flexibility index (Phi) is 4.42. The van der Waals surface area contributed by atoms with Gasteiger partial charge < -0.3 is 19.5 Å². The number of hydrogen-bond donors (Lipinski definition) is 1. The van der Waals surface area contributed by atoms with Gasteiger partial charge in [0.1, 0.15) is 11.8 Å². The number of hydrogen-bond acceptors (Lipinski definition) is 6. The molecule has 1 aliphatic heterocycles. The highest BCUT2D eigenvalue weighted by Gasteiger charge is 2.41. The summed E-state index contributed by atoms with van der Waals surface area (Å²) in [6.07, 6.45) is -1.71. The second-order valence-corrected chi connectivity index (χ2v) is 4.36. The average molecular weight is 293 g/mol. The maximum absolute atomic E-state index is 11.8. The summed E-state index contributed by atoms with van der Waals surface area (Å²) < 4.78 is 14.7. The molecule has 1 saturated heterocycles. The largest absolute Gasteiger partial charge is 0.463 e. The summed E-state index contributed by atoms with van der Waals surface area (Å²) in [5.74, 6) is -0.654. The summed E-state index contributed by atoms with van der Waals surface area (Å²) in [6, 6.07) is 5.80. The summed E-state index contributed by atoms with van der Waals surface area (Å²) in [5.41, 5.74) is 0.648. The number of nitrogens with one attached hydrogen (secondary N) is 1. The molecule has 2 atom stereocenters. The number of rotatable bonds is 4. The molecule has 1 aromatic carbocycles. The summed E-state index contributed by atoms with van der Waals surface area (Å²) in [4.78, 5) is 34.0. The Morgan fingerprint density at radius 1 is 1.29 bits per heavy atom. The SMILES string of the molecule is CCOC(=O)[C@H]1OC(=O)N[C@H]1c1ccc(OC(C)=O)cc1. The number of alkyl carbamates (subject to hydrolysis) is 1. The molecule has 1 heterocycles. The van der Waals surface area contributed by atoms with Gasteiger partial charge in [-0.15, -0.1) is 0 Å². The van der Waals surface area contributed by atoms with E-state index in [1.165, 1.54) is 6.92 Å². The number of esters is 2. The van der Waals surface area contributed by atoms with Gasteiger partial charge in [-0.2, -0.15) is 0 Å². The lowest BCUT2D eigenvalue weighted by atomic mass is 10.0. The van der Waals surface area contributed by atoms with E-state index in [0.29, 0.717) is 11.3 Å². The molecule has 7 nitrogen and oxygen atoms in total. The fourth-order valence-electron chi connectivity index (χ4n) is 2.00. The lowest BCUT2D eigenvalue weighted by Crippen LogP contribution is -2.30. The molecule has 1 aliphatic rings. The van der Waals surface area contributed by atoms with E-state index in [-0.39, 0.29) is 6.61 Å². The predicted octanol–water partition coefficient (Wildman–Crippen LogP) is 1.32. The number of amides is 1. The highest BCUT2D eigenvalue weighted by molar-refractivity contribution is 5.83.